The normalized spacial score (nSPS) is 11.0. The number of rotatable bonds is 13. The maximum Gasteiger partial charge on any atom is 3.00 e. The molecule has 67 heavy (non-hydrogen) atoms. The van der Waals surface area contributed by atoms with Gasteiger partial charge >= 0.3 is 20.1 Å². The largest absolute Gasteiger partial charge is 3.00 e. The number of aromatic nitrogens is 3. The van der Waals surface area contributed by atoms with Gasteiger partial charge in [-0.1, -0.05) is 174 Å². The molecule has 0 radical (unpaired) electrons. The summed E-state index contributed by atoms with van der Waals surface area (Å²) in [5.41, 5.74) is 19.9. The molecule has 0 unspecified atom stereocenters. The van der Waals surface area contributed by atoms with Crippen molar-refractivity contribution in [3.63, 3.8) is 0 Å². The second-order valence-electron chi connectivity index (χ2n) is 16.4. The molecular formula is C61H42Br2IrN3. The molecule has 3 nitrogen and oxygen atoms in total. The van der Waals surface area contributed by atoms with Gasteiger partial charge in [0.15, 0.2) is 0 Å². The third-order valence-corrected chi connectivity index (χ3v) is 12.9. The first-order valence-corrected chi connectivity index (χ1v) is 23.7. The van der Waals surface area contributed by atoms with Crippen LogP contribution in [-0.2, 0) is 45.8 Å². The fourth-order valence-electron chi connectivity index (χ4n) is 8.40. The molecule has 0 amide bonds. The molecule has 0 aliphatic carbocycles. The van der Waals surface area contributed by atoms with Crippen LogP contribution < -0.4 is 0 Å². The number of halogens is 2. The first-order chi connectivity index (χ1) is 32.5. The molecule has 0 aliphatic rings. The Balaban J connectivity index is 0.00000562. The fraction of sp³-hybridized carbons (Fsp3) is 0.0656. The summed E-state index contributed by atoms with van der Waals surface area (Å²) >= 11 is 7.16. The van der Waals surface area contributed by atoms with Gasteiger partial charge in [-0.3, -0.25) is 0 Å². The first kappa shape index (κ1) is 45.7. The predicted octanol–water partition coefficient (Wildman–Crippen LogP) is 16.0. The Hall–Kier alpha value is -6.40. The summed E-state index contributed by atoms with van der Waals surface area (Å²) in [5, 5.41) is 0. The molecule has 0 saturated carbocycles. The molecule has 0 atom stereocenters. The summed E-state index contributed by atoms with van der Waals surface area (Å²) in [4.78, 5) is 14.6. The van der Waals surface area contributed by atoms with E-state index in [1.165, 1.54) is 44.5 Å². The topological polar surface area (TPSA) is 38.7 Å². The van der Waals surface area contributed by atoms with Gasteiger partial charge in [-0.25, -0.2) is 0 Å². The molecule has 6 heteroatoms. The second-order valence-corrected chi connectivity index (χ2v) is 18.2. The molecule has 3 aromatic heterocycles. The number of aryl methyl sites for hydroxylation is 4. The number of pyridine rings is 3. The zero-order valence-electron chi connectivity index (χ0n) is 36.4. The molecule has 7 aromatic carbocycles. The average Bonchev–Trinajstić information content (AvgIpc) is 3.38. The molecule has 0 N–H and O–H groups in total. The SMILES string of the molecule is Brc1cc[c-]c(-c2ccc(CCc3cc(CCc4ccc(-c5[c-]ccc(Br)c5)nc4)cc(-c4ccccc4-c4ccc(-c5[c-]ccc(-c6ccc(-c7ccccc7)cc6)c5)nc4)c3)cn2)c1.[Ir+3]. The van der Waals surface area contributed by atoms with Gasteiger partial charge in [-0.05, 0) is 104 Å². The Morgan fingerprint density at radius 2 is 0.761 bits per heavy atom. The smallest absolute Gasteiger partial charge is 0.304 e. The molecule has 10 rings (SSSR count). The van der Waals surface area contributed by atoms with Crippen molar-refractivity contribution in [3.8, 4) is 78.3 Å². The Morgan fingerprint density at radius 3 is 1.27 bits per heavy atom. The fourth-order valence-corrected chi connectivity index (χ4v) is 9.12. The van der Waals surface area contributed by atoms with E-state index in [9.17, 15) is 0 Å². The van der Waals surface area contributed by atoms with E-state index < -0.39 is 0 Å². The summed E-state index contributed by atoms with van der Waals surface area (Å²) in [6, 6.07) is 76.1. The van der Waals surface area contributed by atoms with E-state index in [0.717, 1.165) is 90.7 Å². The Labute approximate surface area is 423 Å². The molecule has 0 spiro atoms. The second kappa shape index (κ2) is 21.5. The zero-order chi connectivity index (χ0) is 44.7. The van der Waals surface area contributed by atoms with Crippen LogP contribution in [0.15, 0.2) is 216 Å². The van der Waals surface area contributed by atoms with Gasteiger partial charge < -0.3 is 15.0 Å². The van der Waals surface area contributed by atoms with Crippen LogP contribution in [0.2, 0.25) is 0 Å². The van der Waals surface area contributed by atoms with Crippen LogP contribution in [-0.4, -0.2) is 15.0 Å². The monoisotopic (exact) mass is 1170 g/mol. The van der Waals surface area contributed by atoms with Crippen molar-refractivity contribution in [2.75, 3.05) is 0 Å². The minimum atomic E-state index is 0. The Morgan fingerprint density at radius 1 is 0.328 bits per heavy atom. The van der Waals surface area contributed by atoms with Crippen LogP contribution in [0, 0.1) is 18.2 Å². The van der Waals surface area contributed by atoms with Crippen molar-refractivity contribution < 1.29 is 20.1 Å². The average molecular weight is 1170 g/mol. The number of hydrogen-bond acceptors (Lipinski definition) is 3. The Kier molecular flexibility index (Phi) is 14.7. The van der Waals surface area contributed by atoms with Crippen molar-refractivity contribution in [1.82, 2.24) is 15.0 Å². The number of benzene rings is 7. The summed E-state index contributed by atoms with van der Waals surface area (Å²) in [6.07, 6.45) is 9.52. The van der Waals surface area contributed by atoms with Crippen LogP contribution in [0.25, 0.3) is 78.3 Å². The Bertz CT molecular complexity index is 3130. The molecule has 0 fully saturated rings. The third kappa shape index (κ3) is 11.2. The predicted molar refractivity (Wildman–Crippen MR) is 277 cm³/mol. The van der Waals surface area contributed by atoms with E-state index >= 15 is 0 Å². The third-order valence-electron chi connectivity index (χ3n) is 11.9. The van der Waals surface area contributed by atoms with E-state index in [4.69, 9.17) is 15.0 Å². The number of hydrogen-bond donors (Lipinski definition) is 0. The van der Waals surface area contributed by atoms with Crippen molar-refractivity contribution in [1.29, 1.82) is 0 Å². The molecule has 324 valence electrons. The molecular weight excluding hydrogens is 1130 g/mol. The van der Waals surface area contributed by atoms with Crippen molar-refractivity contribution in [2.45, 2.75) is 25.7 Å². The van der Waals surface area contributed by atoms with Crippen LogP contribution in [0.1, 0.15) is 22.3 Å². The van der Waals surface area contributed by atoms with Crippen molar-refractivity contribution >= 4 is 31.9 Å². The molecule has 0 aliphatic heterocycles. The first-order valence-electron chi connectivity index (χ1n) is 22.1. The van der Waals surface area contributed by atoms with E-state index in [1.54, 1.807) is 0 Å². The number of nitrogens with zero attached hydrogens (tertiary/aromatic N) is 3. The van der Waals surface area contributed by atoms with Gasteiger partial charge in [0, 0.05) is 18.6 Å². The van der Waals surface area contributed by atoms with Crippen LogP contribution >= 0.6 is 31.9 Å². The summed E-state index contributed by atoms with van der Waals surface area (Å²) in [7, 11) is 0. The van der Waals surface area contributed by atoms with Crippen LogP contribution in [0.3, 0.4) is 0 Å². The van der Waals surface area contributed by atoms with E-state index in [-0.39, 0.29) is 20.1 Å². The molecule has 10 aromatic rings. The van der Waals surface area contributed by atoms with Gasteiger partial charge in [-0.15, -0.1) is 95.1 Å². The quantitative estimate of drug-likeness (QED) is 0.108. The van der Waals surface area contributed by atoms with Crippen molar-refractivity contribution in [3.05, 3.63) is 256 Å². The van der Waals surface area contributed by atoms with E-state index in [2.05, 4.69) is 190 Å². The van der Waals surface area contributed by atoms with Crippen LogP contribution in [0.4, 0.5) is 0 Å². The summed E-state index contributed by atoms with van der Waals surface area (Å²) in [6.45, 7) is 0. The maximum atomic E-state index is 5.02. The molecule has 3 heterocycles. The molecule has 0 bridgehead atoms. The van der Waals surface area contributed by atoms with Gasteiger partial charge in [0.25, 0.3) is 0 Å². The maximum absolute atomic E-state index is 5.02. The van der Waals surface area contributed by atoms with Gasteiger partial charge in [0.2, 0.25) is 0 Å². The van der Waals surface area contributed by atoms with Gasteiger partial charge in [0.1, 0.15) is 0 Å². The van der Waals surface area contributed by atoms with Crippen LogP contribution in [0.5, 0.6) is 0 Å². The summed E-state index contributed by atoms with van der Waals surface area (Å²) < 4.78 is 2.03. The molecule has 0 saturated heterocycles. The van der Waals surface area contributed by atoms with Crippen molar-refractivity contribution in [2.24, 2.45) is 0 Å². The zero-order valence-corrected chi connectivity index (χ0v) is 42.0. The summed E-state index contributed by atoms with van der Waals surface area (Å²) in [5.74, 6) is 0. The van der Waals surface area contributed by atoms with E-state index in [1.807, 2.05) is 67.1 Å². The minimum Gasteiger partial charge on any atom is -0.304 e. The van der Waals surface area contributed by atoms with Gasteiger partial charge in [0.05, 0.1) is 0 Å². The van der Waals surface area contributed by atoms with E-state index in [0.29, 0.717) is 0 Å². The minimum absolute atomic E-state index is 0. The van der Waals surface area contributed by atoms with Gasteiger partial charge in [-0.2, -0.15) is 0 Å². The standard InChI is InChI=1S/C61H42Br2N3.Ir/c62-55-15-7-13-51(37-55)59-30-23-42(39-64-59)19-21-44-33-45(22-20-43-24-31-60(65-40-43)52-14-8-16-56(63)38-52)35-54(34-44)58-18-5-4-17-57(58)53-29-32-61(66-41-53)50-12-6-11-49(36-50)48-27-25-47(26-28-48)46-9-2-1-3-10-46;/h1-11,15-18,23-41H,19-22H2;/q-3;+3.